The summed E-state index contributed by atoms with van der Waals surface area (Å²) in [6.07, 6.45) is 3.06. The fourth-order valence-corrected chi connectivity index (χ4v) is 4.34. The van der Waals surface area contributed by atoms with Crippen molar-refractivity contribution in [2.45, 2.75) is 25.7 Å². The van der Waals surface area contributed by atoms with Gasteiger partial charge in [-0.1, -0.05) is 61.9 Å². The lowest BCUT2D eigenvalue weighted by molar-refractivity contribution is 0.429. The van der Waals surface area contributed by atoms with E-state index in [2.05, 4.69) is 0 Å². The van der Waals surface area contributed by atoms with Crippen molar-refractivity contribution in [3.63, 3.8) is 0 Å². The fraction of sp³-hybridized carbons (Fsp3) is 0.200. The lowest BCUT2D eigenvalue weighted by Gasteiger charge is -2.26. The summed E-state index contributed by atoms with van der Waals surface area (Å²) in [6.45, 7) is 5.47. The summed E-state index contributed by atoms with van der Waals surface area (Å²) in [4.78, 5) is 0.0679. The van der Waals surface area contributed by atoms with Gasteiger partial charge in [0.1, 0.15) is 0 Å². The lowest BCUT2D eigenvalue weighted by atomic mass is 9.90. The Labute approximate surface area is 148 Å². The number of sulfonamides is 1. The van der Waals surface area contributed by atoms with Gasteiger partial charge in [0.25, 0.3) is 10.0 Å². The van der Waals surface area contributed by atoms with Gasteiger partial charge in [-0.05, 0) is 36.8 Å². The number of aryl methyl sites for hydroxylation is 1. The Kier molecular flexibility index (Phi) is 4.29. The standard InChI is InChI=1S/C20H20FNO2S/c1-15-9-11-17(12-10-15)25(23,24)22-18(20(2,3)14-19(22)21)13-16-7-5-4-6-8-16/h4-14H,1-3H3/b18-13+. The summed E-state index contributed by atoms with van der Waals surface area (Å²) < 4.78 is 41.6. The van der Waals surface area contributed by atoms with Crippen LogP contribution >= 0.6 is 0 Å². The second kappa shape index (κ2) is 6.15. The van der Waals surface area contributed by atoms with Gasteiger partial charge in [0, 0.05) is 11.1 Å². The van der Waals surface area contributed by atoms with E-state index in [-0.39, 0.29) is 4.90 Å². The van der Waals surface area contributed by atoms with Crippen molar-refractivity contribution < 1.29 is 12.8 Å². The van der Waals surface area contributed by atoms with E-state index in [1.165, 1.54) is 18.2 Å². The molecule has 1 heterocycles. The first-order valence-electron chi connectivity index (χ1n) is 7.99. The summed E-state index contributed by atoms with van der Waals surface area (Å²) in [5.41, 5.74) is 1.41. The molecular weight excluding hydrogens is 337 g/mol. The summed E-state index contributed by atoms with van der Waals surface area (Å²) in [6, 6.07) is 15.7. The topological polar surface area (TPSA) is 37.4 Å². The number of benzene rings is 2. The molecule has 0 atom stereocenters. The van der Waals surface area contributed by atoms with E-state index >= 15 is 0 Å². The molecule has 130 valence electrons. The van der Waals surface area contributed by atoms with Crippen molar-refractivity contribution in [2.24, 2.45) is 5.41 Å². The molecule has 0 fully saturated rings. The second-order valence-electron chi connectivity index (χ2n) is 6.71. The zero-order valence-corrected chi connectivity index (χ0v) is 15.2. The maximum Gasteiger partial charge on any atom is 0.270 e. The van der Waals surface area contributed by atoms with Crippen molar-refractivity contribution >= 4 is 16.1 Å². The monoisotopic (exact) mass is 357 g/mol. The van der Waals surface area contributed by atoms with E-state index in [9.17, 15) is 12.8 Å². The van der Waals surface area contributed by atoms with Gasteiger partial charge in [0.05, 0.1) is 4.90 Å². The highest BCUT2D eigenvalue weighted by molar-refractivity contribution is 7.89. The van der Waals surface area contributed by atoms with Gasteiger partial charge in [0.15, 0.2) is 0 Å². The Hall–Kier alpha value is -2.40. The van der Waals surface area contributed by atoms with Crippen LogP contribution in [0.2, 0.25) is 0 Å². The van der Waals surface area contributed by atoms with E-state index in [0.29, 0.717) is 5.70 Å². The molecule has 0 bridgehead atoms. The number of rotatable bonds is 3. The molecule has 2 aromatic rings. The SMILES string of the molecule is Cc1ccc(S(=O)(=O)N2C(F)=CC(C)(C)/C2=C\c2ccccc2)cc1. The third-order valence-electron chi connectivity index (χ3n) is 4.22. The van der Waals surface area contributed by atoms with Gasteiger partial charge in [-0.3, -0.25) is 0 Å². The molecule has 5 heteroatoms. The smallest absolute Gasteiger partial charge is 0.212 e. The summed E-state index contributed by atoms with van der Waals surface area (Å²) in [7, 11) is -4.02. The van der Waals surface area contributed by atoms with Crippen LogP contribution < -0.4 is 0 Å². The lowest BCUT2D eigenvalue weighted by Crippen LogP contribution is -2.29. The van der Waals surface area contributed by atoms with E-state index < -0.39 is 21.4 Å². The van der Waals surface area contributed by atoms with Crippen molar-refractivity contribution in [3.05, 3.63) is 83.4 Å². The molecule has 0 radical (unpaired) electrons. The molecule has 0 N–H and O–H groups in total. The van der Waals surface area contributed by atoms with E-state index in [4.69, 9.17) is 0 Å². The molecule has 1 aliphatic rings. The molecule has 0 aliphatic carbocycles. The van der Waals surface area contributed by atoms with Crippen LogP contribution in [0.5, 0.6) is 0 Å². The second-order valence-corrected chi connectivity index (χ2v) is 8.50. The first kappa shape index (κ1) is 17.4. The number of allylic oxidation sites excluding steroid dienone is 1. The molecular formula is C20H20FNO2S. The Morgan fingerprint density at radius 1 is 1.00 bits per heavy atom. The highest BCUT2D eigenvalue weighted by Gasteiger charge is 2.42. The van der Waals surface area contributed by atoms with E-state index in [0.717, 1.165) is 15.4 Å². The van der Waals surface area contributed by atoms with E-state index in [1.807, 2.05) is 37.3 Å². The summed E-state index contributed by atoms with van der Waals surface area (Å²) >= 11 is 0. The molecule has 2 aromatic carbocycles. The van der Waals surface area contributed by atoms with Gasteiger partial charge in [-0.15, -0.1) is 0 Å². The van der Waals surface area contributed by atoms with Gasteiger partial charge in [-0.2, -0.15) is 4.39 Å². The Morgan fingerprint density at radius 2 is 1.60 bits per heavy atom. The van der Waals surface area contributed by atoms with Gasteiger partial charge in [-0.25, -0.2) is 12.7 Å². The van der Waals surface area contributed by atoms with Gasteiger partial charge >= 0.3 is 0 Å². The first-order chi connectivity index (χ1) is 11.7. The summed E-state index contributed by atoms with van der Waals surface area (Å²) in [5.74, 6) is -0.771. The summed E-state index contributed by atoms with van der Waals surface area (Å²) in [5, 5.41) is 0. The van der Waals surface area contributed by atoms with Gasteiger partial charge < -0.3 is 0 Å². The van der Waals surface area contributed by atoms with Crippen LogP contribution in [0, 0.1) is 12.3 Å². The Morgan fingerprint density at radius 3 is 2.20 bits per heavy atom. The van der Waals surface area contributed by atoms with Crippen LogP contribution in [0.4, 0.5) is 4.39 Å². The minimum Gasteiger partial charge on any atom is -0.212 e. The maximum atomic E-state index is 14.7. The molecule has 25 heavy (non-hydrogen) atoms. The van der Waals surface area contributed by atoms with Crippen molar-refractivity contribution in [2.75, 3.05) is 0 Å². The van der Waals surface area contributed by atoms with Crippen LogP contribution in [-0.2, 0) is 10.0 Å². The van der Waals surface area contributed by atoms with Crippen LogP contribution in [0.15, 0.2) is 77.2 Å². The third-order valence-corrected chi connectivity index (χ3v) is 5.93. The zero-order valence-electron chi connectivity index (χ0n) is 14.4. The Bertz CT molecular complexity index is 943. The van der Waals surface area contributed by atoms with Crippen LogP contribution in [0.25, 0.3) is 6.08 Å². The zero-order chi connectivity index (χ0) is 18.2. The molecule has 1 aliphatic heterocycles. The van der Waals surface area contributed by atoms with Crippen molar-refractivity contribution in [1.82, 2.24) is 4.31 Å². The molecule has 0 unspecified atom stereocenters. The highest BCUT2D eigenvalue weighted by atomic mass is 32.2. The van der Waals surface area contributed by atoms with Crippen molar-refractivity contribution in [3.8, 4) is 0 Å². The maximum absolute atomic E-state index is 14.7. The fourth-order valence-electron chi connectivity index (χ4n) is 2.82. The number of hydrogen-bond donors (Lipinski definition) is 0. The average molecular weight is 357 g/mol. The molecule has 0 saturated carbocycles. The molecule has 0 saturated heterocycles. The molecule has 0 spiro atoms. The predicted octanol–water partition coefficient (Wildman–Crippen LogP) is 4.88. The number of halogens is 1. The van der Waals surface area contributed by atoms with Crippen LogP contribution in [0.3, 0.4) is 0 Å². The average Bonchev–Trinajstić information content (AvgIpc) is 2.78. The minimum absolute atomic E-state index is 0.0679. The molecule has 0 amide bonds. The van der Waals surface area contributed by atoms with Crippen LogP contribution in [0.1, 0.15) is 25.0 Å². The number of hydrogen-bond acceptors (Lipinski definition) is 2. The molecule has 3 nitrogen and oxygen atoms in total. The van der Waals surface area contributed by atoms with Gasteiger partial charge in [0.2, 0.25) is 5.95 Å². The number of nitrogens with zero attached hydrogens (tertiary/aromatic N) is 1. The Balaban J connectivity index is 2.13. The third kappa shape index (κ3) is 3.24. The van der Waals surface area contributed by atoms with E-state index in [1.54, 1.807) is 32.1 Å². The predicted molar refractivity (Wildman–Crippen MR) is 97.6 cm³/mol. The van der Waals surface area contributed by atoms with Crippen molar-refractivity contribution in [1.29, 1.82) is 0 Å². The first-order valence-corrected chi connectivity index (χ1v) is 9.43. The highest BCUT2D eigenvalue weighted by Crippen LogP contribution is 2.45. The molecule has 0 aromatic heterocycles. The minimum atomic E-state index is -4.02. The largest absolute Gasteiger partial charge is 0.270 e. The normalized spacial score (nSPS) is 18.5. The van der Waals surface area contributed by atoms with Crippen LogP contribution in [-0.4, -0.2) is 12.7 Å². The molecule has 3 rings (SSSR count). The quantitative estimate of drug-likeness (QED) is 0.735.